The van der Waals surface area contributed by atoms with Gasteiger partial charge in [0.05, 0.1) is 12.8 Å². The Morgan fingerprint density at radius 2 is 1.66 bits per heavy atom. The topological polar surface area (TPSA) is 53.1 Å². The van der Waals surface area contributed by atoms with Gasteiger partial charge in [0.2, 0.25) is 11.8 Å². The van der Waals surface area contributed by atoms with Gasteiger partial charge in [0.15, 0.2) is 0 Å². The van der Waals surface area contributed by atoms with E-state index in [-0.39, 0.29) is 18.4 Å². The van der Waals surface area contributed by atoms with Crippen molar-refractivity contribution in [1.82, 2.24) is 9.80 Å². The summed E-state index contributed by atoms with van der Waals surface area (Å²) in [6.07, 6.45) is 0. The molecular weight excluding hydrogens is 366 g/mol. The number of nitrogens with zero attached hydrogens (tertiary/aromatic N) is 3. The van der Waals surface area contributed by atoms with Crippen molar-refractivity contribution in [2.75, 3.05) is 44.7 Å². The van der Waals surface area contributed by atoms with Crippen LogP contribution in [0, 0.1) is 6.92 Å². The number of hydrogen-bond acceptors (Lipinski definition) is 4. The van der Waals surface area contributed by atoms with Gasteiger partial charge in [-0.3, -0.25) is 9.59 Å². The molecule has 0 radical (unpaired) electrons. The molecule has 6 heteroatoms. The highest BCUT2D eigenvalue weighted by Crippen LogP contribution is 2.28. The van der Waals surface area contributed by atoms with Crippen LogP contribution in [0.1, 0.15) is 18.1 Å². The molecule has 29 heavy (non-hydrogen) atoms. The Morgan fingerprint density at radius 3 is 2.28 bits per heavy atom. The zero-order valence-electron chi connectivity index (χ0n) is 17.4. The van der Waals surface area contributed by atoms with E-state index < -0.39 is 0 Å². The molecule has 0 N–H and O–H groups in total. The van der Waals surface area contributed by atoms with Gasteiger partial charge in [-0.05, 0) is 24.6 Å². The first-order chi connectivity index (χ1) is 14.0. The molecule has 3 rings (SSSR count). The van der Waals surface area contributed by atoms with Crippen LogP contribution in [0.15, 0.2) is 48.5 Å². The summed E-state index contributed by atoms with van der Waals surface area (Å²) >= 11 is 0. The number of carbonyl (C=O) groups excluding carboxylic acids is 2. The molecule has 0 atom stereocenters. The maximum absolute atomic E-state index is 12.8. The molecule has 0 aliphatic carbocycles. The molecule has 6 nitrogen and oxygen atoms in total. The van der Waals surface area contributed by atoms with Crippen LogP contribution in [-0.4, -0.2) is 61.4 Å². The summed E-state index contributed by atoms with van der Waals surface area (Å²) in [5.74, 6) is 0.742. The minimum absolute atomic E-state index is 0.00742. The van der Waals surface area contributed by atoms with E-state index in [9.17, 15) is 9.59 Å². The van der Waals surface area contributed by atoms with E-state index in [0.29, 0.717) is 19.6 Å². The zero-order chi connectivity index (χ0) is 20.8. The molecule has 1 aliphatic rings. The fourth-order valence-corrected chi connectivity index (χ4v) is 3.54. The van der Waals surface area contributed by atoms with Crippen molar-refractivity contribution in [2.45, 2.75) is 20.4 Å². The third-order valence-electron chi connectivity index (χ3n) is 5.32. The summed E-state index contributed by atoms with van der Waals surface area (Å²) in [4.78, 5) is 30.6. The van der Waals surface area contributed by atoms with Gasteiger partial charge in [-0.15, -0.1) is 0 Å². The molecule has 2 aromatic rings. The molecule has 1 saturated heterocycles. The van der Waals surface area contributed by atoms with E-state index in [1.54, 1.807) is 12.0 Å². The lowest BCUT2D eigenvalue weighted by molar-refractivity contribution is -0.140. The van der Waals surface area contributed by atoms with Crippen molar-refractivity contribution >= 4 is 17.5 Å². The predicted octanol–water partition coefficient (Wildman–Crippen LogP) is 2.70. The lowest BCUT2D eigenvalue weighted by Gasteiger charge is -2.37. The monoisotopic (exact) mass is 395 g/mol. The van der Waals surface area contributed by atoms with Crippen molar-refractivity contribution in [3.8, 4) is 5.75 Å². The average Bonchev–Trinajstić information content (AvgIpc) is 2.74. The Bertz CT molecular complexity index is 843. The van der Waals surface area contributed by atoms with Gasteiger partial charge in [0.1, 0.15) is 12.3 Å². The molecule has 0 saturated carbocycles. The highest BCUT2D eigenvalue weighted by molar-refractivity contribution is 5.84. The van der Waals surface area contributed by atoms with E-state index in [0.717, 1.165) is 30.1 Å². The highest BCUT2D eigenvalue weighted by atomic mass is 16.5. The van der Waals surface area contributed by atoms with E-state index in [1.165, 1.54) is 12.5 Å². The van der Waals surface area contributed by atoms with Crippen molar-refractivity contribution < 1.29 is 14.3 Å². The molecular formula is C23H29N3O3. The van der Waals surface area contributed by atoms with Gasteiger partial charge in [-0.25, -0.2) is 0 Å². The van der Waals surface area contributed by atoms with Crippen LogP contribution in [0.3, 0.4) is 0 Å². The molecule has 154 valence electrons. The second-order valence-corrected chi connectivity index (χ2v) is 7.40. The summed E-state index contributed by atoms with van der Waals surface area (Å²) in [6.45, 7) is 6.84. The number of hydrogen-bond donors (Lipinski definition) is 0. The molecule has 0 spiro atoms. The first-order valence-electron chi connectivity index (χ1n) is 9.94. The molecule has 1 aliphatic heterocycles. The number of amides is 2. The normalized spacial score (nSPS) is 13.9. The smallest absolute Gasteiger partial charge is 0.242 e. The van der Waals surface area contributed by atoms with E-state index in [2.05, 4.69) is 4.90 Å². The Labute approximate surface area is 172 Å². The summed E-state index contributed by atoms with van der Waals surface area (Å²) in [6, 6.07) is 16.0. The van der Waals surface area contributed by atoms with E-state index in [4.69, 9.17) is 4.74 Å². The molecule has 0 unspecified atom stereocenters. The summed E-state index contributed by atoms with van der Waals surface area (Å²) < 4.78 is 5.45. The molecule has 2 amide bonds. The largest absolute Gasteiger partial charge is 0.495 e. The molecule has 0 aromatic heterocycles. The van der Waals surface area contributed by atoms with Crippen LogP contribution in [0.5, 0.6) is 5.75 Å². The number of ether oxygens (including phenoxy) is 1. The van der Waals surface area contributed by atoms with Crippen LogP contribution in [-0.2, 0) is 16.1 Å². The van der Waals surface area contributed by atoms with Crippen molar-refractivity contribution in [1.29, 1.82) is 0 Å². The predicted molar refractivity (Wildman–Crippen MR) is 114 cm³/mol. The van der Waals surface area contributed by atoms with Crippen LogP contribution >= 0.6 is 0 Å². The van der Waals surface area contributed by atoms with Crippen molar-refractivity contribution in [3.63, 3.8) is 0 Å². The standard InChI is InChI=1S/C23H29N3O3/c1-18-8-10-20(11-9-18)16-26(19(2)27)17-23(28)25-14-12-24(13-15-25)21-6-4-5-7-22(21)29-3/h4-11H,12-17H2,1-3H3. The number of carbonyl (C=O) groups is 2. The third kappa shape index (κ3) is 5.28. The molecule has 1 fully saturated rings. The number of methoxy groups -OCH3 is 1. The SMILES string of the molecule is COc1ccccc1N1CCN(C(=O)CN(Cc2ccc(C)cc2)C(C)=O)CC1. The third-order valence-corrected chi connectivity index (χ3v) is 5.32. The second-order valence-electron chi connectivity index (χ2n) is 7.40. The number of benzene rings is 2. The van der Waals surface area contributed by atoms with Crippen molar-refractivity contribution in [2.24, 2.45) is 0 Å². The highest BCUT2D eigenvalue weighted by Gasteiger charge is 2.25. The fraction of sp³-hybridized carbons (Fsp3) is 0.391. The zero-order valence-corrected chi connectivity index (χ0v) is 17.4. The van der Waals surface area contributed by atoms with Gasteiger partial charge >= 0.3 is 0 Å². The molecule has 1 heterocycles. The lowest BCUT2D eigenvalue weighted by Crippen LogP contribution is -2.51. The van der Waals surface area contributed by atoms with Gasteiger partial charge in [0.25, 0.3) is 0 Å². The van der Waals surface area contributed by atoms with Crippen LogP contribution in [0.4, 0.5) is 5.69 Å². The minimum Gasteiger partial charge on any atom is -0.495 e. The Kier molecular flexibility index (Phi) is 6.75. The molecule has 0 bridgehead atoms. The van der Waals surface area contributed by atoms with Crippen molar-refractivity contribution in [3.05, 3.63) is 59.7 Å². The summed E-state index contributed by atoms with van der Waals surface area (Å²) in [5, 5.41) is 0. The fourth-order valence-electron chi connectivity index (χ4n) is 3.54. The van der Waals surface area contributed by atoms with E-state index >= 15 is 0 Å². The quantitative estimate of drug-likeness (QED) is 0.755. The summed E-state index contributed by atoms with van der Waals surface area (Å²) in [5.41, 5.74) is 3.25. The first-order valence-corrected chi connectivity index (χ1v) is 9.94. The maximum Gasteiger partial charge on any atom is 0.242 e. The van der Waals surface area contributed by atoms with Crippen LogP contribution in [0.2, 0.25) is 0 Å². The Balaban J connectivity index is 1.57. The number of rotatable bonds is 6. The van der Waals surface area contributed by atoms with Crippen LogP contribution < -0.4 is 9.64 Å². The van der Waals surface area contributed by atoms with E-state index in [1.807, 2.05) is 60.4 Å². The molecule has 2 aromatic carbocycles. The Morgan fingerprint density at radius 1 is 1.00 bits per heavy atom. The number of anilines is 1. The first kappa shape index (κ1) is 20.7. The lowest BCUT2D eigenvalue weighted by atomic mass is 10.1. The minimum atomic E-state index is -0.0911. The number of aryl methyl sites for hydroxylation is 1. The maximum atomic E-state index is 12.8. The van der Waals surface area contributed by atoms with Gasteiger partial charge < -0.3 is 19.4 Å². The van der Waals surface area contributed by atoms with Gasteiger partial charge in [-0.2, -0.15) is 0 Å². The van der Waals surface area contributed by atoms with Gasteiger partial charge in [-0.1, -0.05) is 42.0 Å². The Hall–Kier alpha value is -3.02. The van der Waals surface area contributed by atoms with Crippen LogP contribution in [0.25, 0.3) is 0 Å². The number of para-hydroxylation sites is 2. The summed E-state index contributed by atoms with van der Waals surface area (Å²) in [7, 11) is 1.67. The average molecular weight is 396 g/mol. The second kappa shape index (κ2) is 9.45. The number of piperazine rings is 1. The van der Waals surface area contributed by atoms with Gasteiger partial charge in [0, 0.05) is 39.6 Å².